The lowest BCUT2D eigenvalue weighted by Crippen LogP contribution is -2.38. The summed E-state index contributed by atoms with van der Waals surface area (Å²) in [6.45, 7) is 0. The fraction of sp³-hybridized carbons (Fsp3) is 0.889. The standard InChI is InChI=1S/C9H18N2O/c10-8(9(11)12)6-7-4-2-1-3-5-7/h7-8H,1-6,10H2,(H2,11,12). The second-order valence-electron chi connectivity index (χ2n) is 3.75. The molecule has 0 aliphatic heterocycles. The number of hydrogen-bond acceptors (Lipinski definition) is 2. The Morgan fingerprint density at radius 2 is 1.92 bits per heavy atom. The highest BCUT2D eigenvalue weighted by Crippen LogP contribution is 2.26. The average Bonchev–Trinajstić information content (AvgIpc) is 2.06. The van der Waals surface area contributed by atoms with Gasteiger partial charge < -0.3 is 11.5 Å². The van der Waals surface area contributed by atoms with Gasteiger partial charge in [-0.2, -0.15) is 0 Å². The van der Waals surface area contributed by atoms with Crippen molar-refractivity contribution < 1.29 is 4.79 Å². The number of hydrogen-bond donors (Lipinski definition) is 2. The third kappa shape index (κ3) is 2.81. The van der Waals surface area contributed by atoms with Crippen LogP contribution in [0.5, 0.6) is 0 Å². The van der Waals surface area contributed by atoms with Crippen molar-refractivity contribution >= 4 is 5.91 Å². The molecular formula is C9H18N2O. The van der Waals surface area contributed by atoms with Gasteiger partial charge in [0, 0.05) is 0 Å². The van der Waals surface area contributed by atoms with Crippen LogP contribution in [0.1, 0.15) is 38.5 Å². The molecule has 4 N–H and O–H groups in total. The number of rotatable bonds is 3. The van der Waals surface area contributed by atoms with Gasteiger partial charge in [-0.25, -0.2) is 0 Å². The van der Waals surface area contributed by atoms with Gasteiger partial charge in [0.05, 0.1) is 6.04 Å². The van der Waals surface area contributed by atoms with E-state index in [1.807, 2.05) is 0 Å². The summed E-state index contributed by atoms with van der Waals surface area (Å²) < 4.78 is 0. The van der Waals surface area contributed by atoms with Crippen molar-refractivity contribution in [2.24, 2.45) is 17.4 Å². The summed E-state index contributed by atoms with van der Waals surface area (Å²) in [7, 11) is 0. The monoisotopic (exact) mass is 170 g/mol. The maximum atomic E-state index is 10.7. The first-order chi connectivity index (χ1) is 5.70. The molecule has 0 spiro atoms. The van der Waals surface area contributed by atoms with E-state index >= 15 is 0 Å². The molecular weight excluding hydrogens is 152 g/mol. The number of nitrogens with two attached hydrogens (primary N) is 2. The molecule has 0 aromatic heterocycles. The Hall–Kier alpha value is -0.570. The van der Waals surface area contributed by atoms with E-state index in [0.29, 0.717) is 5.92 Å². The molecule has 70 valence electrons. The lowest BCUT2D eigenvalue weighted by Gasteiger charge is -2.23. The molecule has 0 bridgehead atoms. The van der Waals surface area contributed by atoms with Crippen LogP contribution < -0.4 is 11.5 Å². The Morgan fingerprint density at radius 3 is 2.42 bits per heavy atom. The zero-order chi connectivity index (χ0) is 8.97. The highest BCUT2D eigenvalue weighted by atomic mass is 16.1. The van der Waals surface area contributed by atoms with Gasteiger partial charge in [-0.3, -0.25) is 4.79 Å². The minimum absolute atomic E-state index is 0.361. The van der Waals surface area contributed by atoms with Crippen molar-refractivity contribution in [2.45, 2.75) is 44.6 Å². The summed E-state index contributed by atoms with van der Waals surface area (Å²) in [6.07, 6.45) is 7.14. The summed E-state index contributed by atoms with van der Waals surface area (Å²) in [4.78, 5) is 10.7. The van der Waals surface area contributed by atoms with E-state index in [-0.39, 0.29) is 5.91 Å². The largest absolute Gasteiger partial charge is 0.368 e. The molecule has 0 aromatic rings. The van der Waals surface area contributed by atoms with E-state index in [1.54, 1.807) is 0 Å². The Morgan fingerprint density at radius 1 is 1.33 bits per heavy atom. The number of primary amides is 1. The first-order valence-electron chi connectivity index (χ1n) is 4.75. The summed E-state index contributed by atoms with van der Waals surface area (Å²) >= 11 is 0. The van der Waals surface area contributed by atoms with Crippen LogP contribution in [-0.4, -0.2) is 11.9 Å². The predicted octanol–water partition coefficient (Wildman–Crippen LogP) is 0.769. The summed E-state index contributed by atoms with van der Waals surface area (Å²) in [5.41, 5.74) is 10.7. The van der Waals surface area contributed by atoms with Crippen molar-refractivity contribution in [3.63, 3.8) is 0 Å². The van der Waals surface area contributed by atoms with Crippen molar-refractivity contribution in [1.29, 1.82) is 0 Å². The van der Waals surface area contributed by atoms with Crippen LogP contribution in [-0.2, 0) is 4.79 Å². The Bertz CT molecular complexity index is 153. The van der Waals surface area contributed by atoms with Gasteiger partial charge in [-0.1, -0.05) is 32.1 Å². The van der Waals surface area contributed by atoms with E-state index < -0.39 is 6.04 Å². The van der Waals surface area contributed by atoms with E-state index in [0.717, 1.165) is 6.42 Å². The van der Waals surface area contributed by atoms with Crippen LogP contribution >= 0.6 is 0 Å². The first kappa shape index (κ1) is 9.52. The SMILES string of the molecule is NC(=O)C(N)CC1CCCCC1. The van der Waals surface area contributed by atoms with Gasteiger partial charge in [0.1, 0.15) is 0 Å². The van der Waals surface area contributed by atoms with Crippen LogP contribution in [0, 0.1) is 5.92 Å². The van der Waals surface area contributed by atoms with E-state index in [2.05, 4.69) is 0 Å². The number of amides is 1. The summed E-state index contributed by atoms with van der Waals surface area (Å²) in [5, 5.41) is 0. The quantitative estimate of drug-likeness (QED) is 0.656. The second kappa shape index (κ2) is 4.45. The normalized spacial score (nSPS) is 22.1. The minimum Gasteiger partial charge on any atom is -0.368 e. The highest BCUT2D eigenvalue weighted by Gasteiger charge is 2.19. The zero-order valence-electron chi connectivity index (χ0n) is 7.46. The maximum Gasteiger partial charge on any atom is 0.234 e. The smallest absolute Gasteiger partial charge is 0.234 e. The van der Waals surface area contributed by atoms with Crippen molar-refractivity contribution in [1.82, 2.24) is 0 Å². The van der Waals surface area contributed by atoms with E-state index in [4.69, 9.17) is 11.5 Å². The molecule has 1 fully saturated rings. The lowest BCUT2D eigenvalue weighted by molar-refractivity contribution is -0.119. The van der Waals surface area contributed by atoms with Gasteiger partial charge in [0.25, 0.3) is 0 Å². The fourth-order valence-electron chi connectivity index (χ4n) is 1.90. The van der Waals surface area contributed by atoms with E-state index in [9.17, 15) is 4.79 Å². The van der Waals surface area contributed by atoms with Crippen LogP contribution in [0.15, 0.2) is 0 Å². The van der Waals surface area contributed by atoms with Gasteiger partial charge >= 0.3 is 0 Å². The Balaban J connectivity index is 2.24. The second-order valence-corrected chi connectivity index (χ2v) is 3.75. The summed E-state index contributed by atoms with van der Waals surface area (Å²) in [6, 6.07) is -0.423. The van der Waals surface area contributed by atoms with E-state index in [1.165, 1.54) is 32.1 Å². The van der Waals surface area contributed by atoms with Gasteiger partial charge in [0.2, 0.25) is 5.91 Å². The molecule has 0 aromatic carbocycles. The molecule has 0 heterocycles. The lowest BCUT2D eigenvalue weighted by atomic mass is 9.85. The van der Waals surface area contributed by atoms with Gasteiger partial charge in [0.15, 0.2) is 0 Å². The highest BCUT2D eigenvalue weighted by molar-refractivity contribution is 5.79. The molecule has 3 nitrogen and oxygen atoms in total. The van der Waals surface area contributed by atoms with Crippen LogP contribution in [0.25, 0.3) is 0 Å². The molecule has 1 saturated carbocycles. The molecule has 12 heavy (non-hydrogen) atoms. The predicted molar refractivity (Wildman–Crippen MR) is 48.4 cm³/mol. The van der Waals surface area contributed by atoms with Crippen molar-refractivity contribution in [3.05, 3.63) is 0 Å². The van der Waals surface area contributed by atoms with Crippen LogP contribution in [0.4, 0.5) is 0 Å². The number of carbonyl (C=O) groups is 1. The molecule has 0 saturated heterocycles. The molecule has 1 atom stereocenters. The Kier molecular flexibility index (Phi) is 3.53. The van der Waals surface area contributed by atoms with Crippen LogP contribution in [0.3, 0.4) is 0 Å². The molecule has 1 aliphatic carbocycles. The fourth-order valence-corrected chi connectivity index (χ4v) is 1.90. The summed E-state index contributed by atoms with van der Waals surface area (Å²) in [5.74, 6) is 0.279. The molecule has 1 amide bonds. The Labute approximate surface area is 73.5 Å². The topological polar surface area (TPSA) is 69.1 Å². The molecule has 0 radical (unpaired) electrons. The molecule has 1 unspecified atom stereocenters. The average molecular weight is 170 g/mol. The molecule has 1 aliphatic rings. The third-order valence-electron chi connectivity index (χ3n) is 2.68. The molecule has 3 heteroatoms. The third-order valence-corrected chi connectivity index (χ3v) is 2.68. The van der Waals surface area contributed by atoms with Crippen molar-refractivity contribution in [3.8, 4) is 0 Å². The maximum absolute atomic E-state index is 10.7. The van der Waals surface area contributed by atoms with Gasteiger partial charge in [-0.15, -0.1) is 0 Å². The first-order valence-corrected chi connectivity index (χ1v) is 4.75. The zero-order valence-corrected chi connectivity index (χ0v) is 7.46. The van der Waals surface area contributed by atoms with Gasteiger partial charge in [-0.05, 0) is 12.3 Å². The molecule has 1 rings (SSSR count). The number of carbonyl (C=O) groups excluding carboxylic acids is 1. The minimum atomic E-state index is -0.423. The van der Waals surface area contributed by atoms with Crippen molar-refractivity contribution in [2.75, 3.05) is 0 Å². The van der Waals surface area contributed by atoms with Crippen LogP contribution in [0.2, 0.25) is 0 Å².